The first-order chi connectivity index (χ1) is 12.9. The van der Waals surface area contributed by atoms with Crippen LogP contribution in [0.4, 0.5) is 5.69 Å². The lowest BCUT2D eigenvalue weighted by Gasteiger charge is -2.10. The van der Waals surface area contributed by atoms with E-state index in [1.54, 1.807) is 18.3 Å². The summed E-state index contributed by atoms with van der Waals surface area (Å²) in [7, 11) is 0. The average Bonchev–Trinajstić information content (AvgIpc) is 2.59. The van der Waals surface area contributed by atoms with Crippen LogP contribution in [0, 0.1) is 12.8 Å². The predicted molar refractivity (Wildman–Crippen MR) is 105 cm³/mol. The summed E-state index contributed by atoms with van der Waals surface area (Å²) in [6.07, 6.45) is 2.18. The maximum Gasteiger partial charge on any atom is 0.258 e. The van der Waals surface area contributed by atoms with Crippen LogP contribution in [0.3, 0.4) is 0 Å². The molecule has 140 valence electrons. The number of aryl methyl sites for hydroxylation is 1. The summed E-state index contributed by atoms with van der Waals surface area (Å²) < 4.78 is 7.27. The third-order valence-electron chi connectivity index (χ3n) is 3.97. The lowest BCUT2D eigenvalue weighted by Crippen LogP contribution is -2.16. The second-order valence-corrected chi connectivity index (χ2v) is 6.98. The van der Waals surface area contributed by atoms with Gasteiger partial charge in [0.25, 0.3) is 5.56 Å². The largest absolute Gasteiger partial charge is 0.487 e. The Kier molecular flexibility index (Phi) is 5.54. The van der Waals surface area contributed by atoms with Crippen molar-refractivity contribution >= 4 is 17.2 Å². The summed E-state index contributed by atoms with van der Waals surface area (Å²) in [5.41, 5.74) is 2.72. The standard InChI is InChI=1S/C21H23N3O3/c1-14(2)9-20(25)23-16-5-4-6-18(11-16)27-13-17-12-21(26)24-8-7-15(3)10-19(24)22-17/h4-8,10-12,14H,9,13H2,1-3H3,(H,23,25). The van der Waals surface area contributed by atoms with Crippen LogP contribution in [0.2, 0.25) is 0 Å². The molecule has 0 unspecified atom stereocenters. The van der Waals surface area contributed by atoms with Gasteiger partial charge in [-0.15, -0.1) is 0 Å². The Balaban J connectivity index is 1.71. The van der Waals surface area contributed by atoms with E-state index < -0.39 is 0 Å². The molecule has 0 saturated heterocycles. The van der Waals surface area contributed by atoms with Crippen LogP contribution < -0.4 is 15.6 Å². The zero-order chi connectivity index (χ0) is 19.4. The topological polar surface area (TPSA) is 72.7 Å². The van der Waals surface area contributed by atoms with Crippen molar-refractivity contribution in [3.63, 3.8) is 0 Å². The molecule has 0 atom stereocenters. The Bertz CT molecular complexity index is 1020. The van der Waals surface area contributed by atoms with Gasteiger partial charge in [-0.25, -0.2) is 4.98 Å². The first kappa shape index (κ1) is 18.6. The number of benzene rings is 1. The van der Waals surface area contributed by atoms with Crippen LogP contribution in [-0.4, -0.2) is 15.3 Å². The quantitative estimate of drug-likeness (QED) is 0.725. The van der Waals surface area contributed by atoms with Gasteiger partial charge in [-0.2, -0.15) is 0 Å². The van der Waals surface area contributed by atoms with Gasteiger partial charge in [0.05, 0.1) is 5.69 Å². The van der Waals surface area contributed by atoms with E-state index in [2.05, 4.69) is 10.3 Å². The molecule has 0 fully saturated rings. The zero-order valence-electron chi connectivity index (χ0n) is 15.7. The molecule has 2 aromatic heterocycles. The van der Waals surface area contributed by atoms with Gasteiger partial charge in [-0.3, -0.25) is 14.0 Å². The van der Waals surface area contributed by atoms with E-state index in [4.69, 9.17) is 4.74 Å². The number of amides is 1. The monoisotopic (exact) mass is 365 g/mol. The van der Waals surface area contributed by atoms with Gasteiger partial charge in [-0.05, 0) is 42.7 Å². The first-order valence-electron chi connectivity index (χ1n) is 8.92. The number of nitrogens with one attached hydrogen (secondary N) is 1. The number of carbonyl (C=O) groups excluding carboxylic acids is 1. The number of fused-ring (bicyclic) bond motifs is 1. The highest BCUT2D eigenvalue weighted by atomic mass is 16.5. The molecule has 1 N–H and O–H groups in total. The molecule has 6 heteroatoms. The number of ether oxygens (including phenoxy) is 1. The number of hydrogen-bond acceptors (Lipinski definition) is 4. The number of nitrogens with zero attached hydrogens (tertiary/aromatic N) is 2. The molecule has 6 nitrogen and oxygen atoms in total. The molecule has 27 heavy (non-hydrogen) atoms. The summed E-state index contributed by atoms with van der Waals surface area (Å²) in [4.78, 5) is 28.6. The van der Waals surface area contributed by atoms with Gasteiger partial charge in [0.1, 0.15) is 18.0 Å². The Morgan fingerprint density at radius 1 is 1.22 bits per heavy atom. The molecule has 0 radical (unpaired) electrons. The molecule has 1 amide bonds. The summed E-state index contributed by atoms with van der Waals surface area (Å²) in [6.45, 7) is 6.12. The molecule has 3 aromatic rings. The Hall–Kier alpha value is -3.15. The summed E-state index contributed by atoms with van der Waals surface area (Å²) in [5.74, 6) is 0.872. The highest BCUT2D eigenvalue weighted by Gasteiger charge is 2.07. The van der Waals surface area contributed by atoms with Crippen LogP contribution >= 0.6 is 0 Å². The minimum absolute atomic E-state index is 0.0262. The fourth-order valence-corrected chi connectivity index (χ4v) is 2.73. The van der Waals surface area contributed by atoms with Crippen LogP contribution in [0.25, 0.3) is 5.65 Å². The van der Waals surface area contributed by atoms with E-state index in [0.29, 0.717) is 35.1 Å². The van der Waals surface area contributed by atoms with Crippen molar-refractivity contribution in [2.45, 2.75) is 33.8 Å². The zero-order valence-corrected chi connectivity index (χ0v) is 15.7. The van der Waals surface area contributed by atoms with Crippen molar-refractivity contribution in [1.82, 2.24) is 9.38 Å². The van der Waals surface area contributed by atoms with Gasteiger partial charge >= 0.3 is 0 Å². The van der Waals surface area contributed by atoms with Crippen molar-refractivity contribution in [2.75, 3.05) is 5.32 Å². The number of hydrogen-bond donors (Lipinski definition) is 1. The molecular formula is C21H23N3O3. The molecule has 0 bridgehead atoms. The summed E-state index contributed by atoms with van der Waals surface area (Å²) in [6, 6.07) is 12.4. The van der Waals surface area contributed by atoms with Crippen LogP contribution in [0.5, 0.6) is 5.75 Å². The van der Waals surface area contributed by atoms with Crippen molar-refractivity contribution < 1.29 is 9.53 Å². The van der Waals surface area contributed by atoms with E-state index in [0.717, 1.165) is 5.56 Å². The van der Waals surface area contributed by atoms with Crippen LogP contribution in [0.1, 0.15) is 31.5 Å². The second kappa shape index (κ2) is 8.03. The minimum Gasteiger partial charge on any atom is -0.487 e. The normalized spacial score (nSPS) is 11.0. The number of pyridine rings is 1. The van der Waals surface area contributed by atoms with Gasteiger partial charge in [0, 0.05) is 30.4 Å². The molecule has 0 saturated carbocycles. The minimum atomic E-state index is -0.145. The first-order valence-corrected chi connectivity index (χ1v) is 8.92. The van der Waals surface area contributed by atoms with E-state index in [1.165, 1.54) is 10.5 Å². The molecule has 2 heterocycles. The van der Waals surface area contributed by atoms with E-state index >= 15 is 0 Å². The van der Waals surface area contributed by atoms with Crippen molar-refractivity contribution in [3.8, 4) is 5.75 Å². The summed E-state index contributed by atoms with van der Waals surface area (Å²) in [5, 5.41) is 2.86. The molecule has 1 aromatic carbocycles. The number of carbonyl (C=O) groups is 1. The summed E-state index contributed by atoms with van der Waals surface area (Å²) >= 11 is 0. The number of anilines is 1. The second-order valence-electron chi connectivity index (χ2n) is 6.98. The fraction of sp³-hybridized carbons (Fsp3) is 0.286. The van der Waals surface area contributed by atoms with E-state index in [9.17, 15) is 9.59 Å². The van der Waals surface area contributed by atoms with Crippen molar-refractivity contribution in [1.29, 1.82) is 0 Å². The molecular weight excluding hydrogens is 342 g/mol. The van der Waals surface area contributed by atoms with E-state index in [1.807, 2.05) is 45.0 Å². The van der Waals surface area contributed by atoms with Gasteiger partial charge < -0.3 is 10.1 Å². The molecule has 3 rings (SSSR count). The lowest BCUT2D eigenvalue weighted by atomic mass is 10.1. The van der Waals surface area contributed by atoms with Crippen LogP contribution in [-0.2, 0) is 11.4 Å². The van der Waals surface area contributed by atoms with E-state index in [-0.39, 0.29) is 18.1 Å². The third-order valence-corrected chi connectivity index (χ3v) is 3.97. The molecule has 0 spiro atoms. The SMILES string of the molecule is Cc1ccn2c(=O)cc(COc3cccc(NC(=O)CC(C)C)c3)nc2c1. The molecule has 0 aliphatic rings. The average molecular weight is 365 g/mol. The maximum absolute atomic E-state index is 12.2. The Morgan fingerprint density at radius 3 is 2.81 bits per heavy atom. The molecule has 0 aliphatic carbocycles. The van der Waals surface area contributed by atoms with Gasteiger partial charge in [0.15, 0.2) is 0 Å². The van der Waals surface area contributed by atoms with Gasteiger partial charge in [-0.1, -0.05) is 19.9 Å². The Labute approximate surface area is 157 Å². The van der Waals surface area contributed by atoms with Crippen molar-refractivity contribution in [2.24, 2.45) is 5.92 Å². The van der Waals surface area contributed by atoms with Gasteiger partial charge in [0.2, 0.25) is 5.91 Å². The predicted octanol–water partition coefficient (Wildman–Crippen LogP) is 3.57. The fourth-order valence-electron chi connectivity index (χ4n) is 2.73. The van der Waals surface area contributed by atoms with Crippen LogP contribution in [0.15, 0.2) is 53.5 Å². The third kappa shape index (κ3) is 4.94. The lowest BCUT2D eigenvalue weighted by molar-refractivity contribution is -0.116. The maximum atomic E-state index is 12.2. The Morgan fingerprint density at radius 2 is 2.04 bits per heavy atom. The highest BCUT2D eigenvalue weighted by molar-refractivity contribution is 5.90. The smallest absolute Gasteiger partial charge is 0.258 e. The molecule has 0 aliphatic heterocycles. The highest BCUT2D eigenvalue weighted by Crippen LogP contribution is 2.19. The number of rotatable bonds is 6. The number of aromatic nitrogens is 2. The van der Waals surface area contributed by atoms with Crippen molar-refractivity contribution in [3.05, 3.63) is 70.3 Å².